The van der Waals surface area contributed by atoms with Crippen molar-refractivity contribution >= 4 is 17.0 Å². The first-order valence-electron chi connectivity index (χ1n) is 6.32. The number of nitrogen functional groups attached to an aromatic ring is 1. The van der Waals surface area contributed by atoms with Crippen molar-refractivity contribution in [1.82, 2.24) is 5.32 Å². The maximum Gasteiger partial charge on any atom is 0.0468 e. The normalized spacial score (nSPS) is 12.6. The van der Waals surface area contributed by atoms with E-state index in [0.717, 1.165) is 18.7 Å². The van der Waals surface area contributed by atoms with Crippen LogP contribution in [0.3, 0.4) is 0 Å². The van der Waals surface area contributed by atoms with Gasteiger partial charge < -0.3 is 11.1 Å². The topological polar surface area (TPSA) is 38.0 Å². The van der Waals surface area contributed by atoms with Crippen LogP contribution in [0.1, 0.15) is 35.4 Å². The van der Waals surface area contributed by atoms with Gasteiger partial charge in [-0.2, -0.15) is 0 Å². The Morgan fingerprint density at radius 2 is 1.94 bits per heavy atom. The molecule has 1 aromatic heterocycles. The van der Waals surface area contributed by atoms with Crippen LogP contribution in [-0.2, 0) is 6.54 Å². The smallest absolute Gasteiger partial charge is 0.0468 e. The maximum atomic E-state index is 5.90. The number of nitrogens with one attached hydrogen (secondary N) is 1. The van der Waals surface area contributed by atoms with Crippen molar-refractivity contribution in [3.63, 3.8) is 0 Å². The third-order valence-corrected chi connectivity index (χ3v) is 4.11. The lowest BCUT2D eigenvalue weighted by Crippen LogP contribution is -2.20. The monoisotopic (exact) mass is 260 g/mol. The molecule has 2 nitrogen and oxygen atoms in total. The SMILES string of the molecule is CCC(NCc1sccc1N)c1ccc(C)cc1. The minimum Gasteiger partial charge on any atom is -0.398 e. The van der Waals surface area contributed by atoms with Crippen molar-refractivity contribution < 1.29 is 0 Å². The van der Waals surface area contributed by atoms with E-state index in [1.807, 2.05) is 11.4 Å². The Labute approximate surface area is 113 Å². The molecule has 1 aromatic carbocycles. The number of thiophene rings is 1. The Bertz CT molecular complexity index is 487. The fraction of sp³-hybridized carbons (Fsp3) is 0.333. The molecule has 0 saturated carbocycles. The number of anilines is 1. The Morgan fingerprint density at radius 3 is 2.50 bits per heavy atom. The van der Waals surface area contributed by atoms with Crippen molar-refractivity contribution in [3.8, 4) is 0 Å². The summed E-state index contributed by atoms with van der Waals surface area (Å²) in [6.07, 6.45) is 1.08. The highest BCUT2D eigenvalue weighted by atomic mass is 32.1. The van der Waals surface area contributed by atoms with Crippen LogP contribution in [0.4, 0.5) is 5.69 Å². The van der Waals surface area contributed by atoms with Crippen LogP contribution in [-0.4, -0.2) is 0 Å². The van der Waals surface area contributed by atoms with Gasteiger partial charge in [0.1, 0.15) is 0 Å². The van der Waals surface area contributed by atoms with Crippen LogP contribution >= 0.6 is 11.3 Å². The summed E-state index contributed by atoms with van der Waals surface area (Å²) in [5.74, 6) is 0. The molecule has 0 saturated heterocycles. The number of benzene rings is 1. The lowest BCUT2D eigenvalue weighted by atomic mass is 10.0. The highest BCUT2D eigenvalue weighted by Crippen LogP contribution is 2.22. The average Bonchev–Trinajstić information content (AvgIpc) is 2.78. The zero-order valence-electron chi connectivity index (χ0n) is 10.9. The summed E-state index contributed by atoms with van der Waals surface area (Å²) in [4.78, 5) is 1.22. The van der Waals surface area contributed by atoms with Gasteiger partial charge in [0.05, 0.1) is 0 Å². The second kappa shape index (κ2) is 6.03. The van der Waals surface area contributed by atoms with Crippen LogP contribution in [0.15, 0.2) is 35.7 Å². The minimum atomic E-state index is 0.395. The van der Waals surface area contributed by atoms with Gasteiger partial charge in [0.15, 0.2) is 0 Å². The summed E-state index contributed by atoms with van der Waals surface area (Å²) >= 11 is 1.71. The largest absolute Gasteiger partial charge is 0.398 e. The Balaban J connectivity index is 2.01. The van der Waals surface area contributed by atoms with E-state index in [9.17, 15) is 0 Å². The Kier molecular flexibility index (Phi) is 4.39. The molecule has 0 aliphatic rings. The summed E-state index contributed by atoms with van der Waals surface area (Å²) in [5.41, 5.74) is 9.44. The quantitative estimate of drug-likeness (QED) is 0.856. The summed E-state index contributed by atoms with van der Waals surface area (Å²) in [6, 6.07) is 11.1. The molecule has 1 atom stereocenters. The van der Waals surface area contributed by atoms with Crippen LogP contribution in [0.5, 0.6) is 0 Å². The Morgan fingerprint density at radius 1 is 1.22 bits per heavy atom. The first-order chi connectivity index (χ1) is 8.70. The van der Waals surface area contributed by atoms with Crippen LogP contribution in [0, 0.1) is 6.92 Å². The standard InChI is InChI=1S/C15H20N2S/c1-3-14(12-6-4-11(2)5-7-12)17-10-15-13(16)8-9-18-15/h4-9,14,17H,3,10,16H2,1-2H3. The van der Waals surface area contributed by atoms with Crippen molar-refractivity contribution in [3.05, 3.63) is 51.7 Å². The van der Waals surface area contributed by atoms with Gasteiger partial charge in [-0.05, 0) is 30.4 Å². The molecule has 1 heterocycles. The molecule has 0 radical (unpaired) electrons. The number of aryl methyl sites for hydroxylation is 1. The van der Waals surface area contributed by atoms with Gasteiger partial charge in [-0.15, -0.1) is 11.3 Å². The van der Waals surface area contributed by atoms with Gasteiger partial charge in [-0.25, -0.2) is 0 Å². The molecule has 2 aromatic rings. The lowest BCUT2D eigenvalue weighted by molar-refractivity contribution is 0.522. The fourth-order valence-corrected chi connectivity index (χ4v) is 2.76. The van der Waals surface area contributed by atoms with Crippen molar-refractivity contribution in [1.29, 1.82) is 0 Å². The van der Waals surface area contributed by atoms with Crippen LogP contribution in [0.2, 0.25) is 0 Å². The third kappa shape index (κ3) is 3.12. The van der Waals surface area contributed by atoms with Crippen LogP contribution < -0.4 is 11.1 Å². The molecule has 96 valence electrons. The summed E-state index contributed by atoms with van der Waals surface area (Å²) in [5, 5.41) is 5.62. The number of hydrogen-bond donors (Lipinski definition) is 2. The van der Waals surface area contributed by atoms with Gasteiger partial charge in [0, 0.05) is 23.2 Å². The molecule has 3 N–H and O–H groups in total. The van der Waals surface area contributed by atoms with E-state index in [4.69, 9.17) is 5.73 Å². The molecule has 1 unspecified atom stereocenters. The summed E-state index contributed by atoms with van der Waals surface area (Å²) in [6.45, 7) is 5.16. The average molecular weight is 260 g/mol. The van der Waals surface area contributed by atoms with E-state index in [1.54, 1.807) is 11.3 Å². The minimum absolute atomic E-state index is 0.395. The zero-order valence-corrected chi connectivity index (χ0v) is 11.8. The molecule has 0 fully saturated rings. The van der Waals surface area contributed by atoms with Crippen molar-refractivity contribution in [2.75, 3.05) is 5.73 Å². The second-order valence-corrected chi connectivity index (χ2v) is 5.55. The van der Waals surface area contributed by atoms with Gasteiger partial charge in [-0.3, -0.25) is 0 Å². The van der Waals surface area contributed by atoms with Gasteiger partial charge >= 0.3 is 0 Å². The van der Waals surface area contributed by atoms with E-state index >= 15 is 0 Å². The number of hydrogen-bond acceptors (Lipinski definition) is 3. The van der Waals surface area contributed by atoms with E-state index in [1.165, 1.54) is 16.0 Å². The fourth-order valence-electron chi connectivity index (χ4n) is 2.01. The summed E-state index contributed by atoms with van der Waals surface area (Å²) < 4.78 is 0. The third-order valence-electron chi connectivity index (χ3n) is 3.18. The predicted octanol–water partition coefficient (Wildman–Crippen LogP) is 3.88. The zero-order chi connectivity index (χ0) is 13.0. The molecule has 18 heavy (non-hydrogen) atoms. The first kappa shape index (κ1) is 13.1. The van der Waals surface area contributed by atoms with E-state index < -0.39 is 0 Å². The molecular weight excluding hydrogens is 240 g/mol. The maximum absolute atomic E-state index is 5.90. The highest BCUT2D eigenvalue weighted by molar-refractivity contribution is 7.10. The van der Waals surface area contributed by atoms with E-state index in [-0.39, 0.29) is 0 Å². The molecule has 3 heteroatoms. The van der Waals surface area contributed by atoms with E-state index in [0.29, 0.717) is 6.04 Å². The van der Waals surface area contributed by atoms with Gasteiger partial charge in [-0.1, -0.05) is 36.8 Å². The highest BCUT2D eigenvalue weighted by Gasteiger charge is 2.09. The van der Waals surface area contributed by atoms with Crippen LogP contribution in [0.25, 0.3) is 0 Å². The van der Waals surface area contributed by atoms with Gasteiger partial charge in [0.2, 0.25) is 0 Å². The van der Waals surface area contributed by atoms with E-state index in [2.05, 4.69) is 43.4 Å². The molecular formula is C15H20N2S. The predicted molar refractivity (Wildman–Crippen MR) is 79.8 cm³/mol. The summed E-state index contributed by atoms with van der Waals surface area (Å²) in [7, 11) is 0. The number of rotatable bonds is 5. The second-order valence-electron chi connectivity index (χ2n) is 4.55. The molecule has 0 bridgehead atoms. The first-order valence-corrected chi connectivity index (χ1v) is 7.20. The number of nitrogens with two attached hydrogens (primary N) is 1. The molecule has 0 spiro atoms. The molecule has 0 amide bonds. The Hall–Kier alpha value is -1.32. The van der Waals surface area contributed by atoms with Crippen molar-refractivity contribution in [2.24, 2.45) is 0 Å². The van der Waals surface area contributed by atoms with Crippen molar-refractivity contribution in [2.45, 2.75) is 32.9 Å². The van der Waals surface area contributed by atoms with Gasteiger partial charge in [0.25, 0.3) is 0 Å². The lowest BCUT2D eigenvalue weighted by Gasteiger charge is -2.17. The molecule has 0 aliphatic heterocycles. The molecule has 2 rings (SSSR count). The molecule has 0 aliphatic carbocycles.